The monoisotopic (exact) mass is 361 g/mol. The Balaban J connectivity index is 2.11. The van der Waals surface area contributed by atoms with Crippen molar-refractivity contribution in [3.63, 3.8) is 0 Å². The van der Waals surface area contributed by atoms with Crippen molar-refractivity contribution in [1.29, 1.82) is 0 Å². The molecule has 5 heteroatoms. The minimum atomic E-state index is -0.166. The Morgan fingerprint density at radius 1 is 1.09 bits per heavy atom. The Kier molecular flexibility index (Phi) is 5.61. The topological polar surface area (TPSA) is 47.6 Å². The van der Waals surface area contributed by atoms with Crippen molar-refractivity contribution in [2.75, 3.05) is 19.5 Å². The summed E-state index contributed by atoms with van der Waals surface area (Å²) in [5, 5.41) is 3.04. The summed E-state index contributed by atoms with van der Waals surface area (Å²) in [4.78, 5) is 12.3. The summed E-state index contributed by atoms with van der Waals surface area (Å²) >= 11 is 3.37. The van der Waals surface area contributed by atoms with Crippen molar-refractivity contribution in [3.05, 3.63) is 64.8 Å². The number of benzene rings is 2. The fourth-order valence-corrected chi connectivity index (χ4v) is 2.12. The highest BCUT2D eigenvalue weighted by Crippen LogP contribution is 2.24. The van der Waals surface area contributed by atoms with Crippen LogP contribution < -0.4 is 14.8 Å². The van der Waals surface area contributed by atoms with Gasteiger partial charge in [0.05, 0.1) is 19.8 Å². The van der Waals surface area contributed by atoms with Gasteiger partial charge < -0.3 is 14.8 Å². The fraction of sp³-hybridized carbons (Fsp3) is 0.118. The van der Waals surface area contributed by atoms with E-state index in [4.69, 9.17) is 9.47 Å². The number of hydrogen-bond acceptors (Lipinski definition) is 4. The van der Waals surface area contributed by atoms with Crippen molar-refractivity contribution in [2.24, 2.45) is 0 Å². The standard InChI is InChI=1S/C17H16BrNO3/c1-21-14-7-8-17(22-2)15(11-14)16(20)9-10-19-13-5-3-12(18)4-6-13/h3-11,19H,1-2H3/b10-9+. The molecule has 0 unspecified atom stereocenters. The fourth-order valence-electron chi connectivity index (χ4n) is 1.86. The third kappa shape index (κ3) is 4.11. The predicted octanol–water partition coefficient (Wildman–Crippen LogP) is 4.27. The van der Waals surface area contributed by atoms with Crippen LogP contribution in [0.1, 0.15) is 10.4 Å². The van der Waals surface area contributed by atoms with Crippen LogP contribution in [0.15, 0.2) is 59.2 Å². The van der Waals surface area contributed by atoms with Gasteiger partial charge in [0.15, 0.2) is 5.78 Å². The number of halogens is 1. The van der Waals surface area contributed by atoms with Crippen molar-refractivity contribution in [1.82, 2.24) is 0 Å². The largest absolute Gasteiger partial charge is 0.497 e. The van der Waals surface area contributed by atoms with E-state index in [-0.39, 0.29) is 5.78 Å². The highest BCUT2D eigenvalue weighted by molar-refractivity contribution is 9.10. The number of allylic oxidation sites excluding steroid dienone is 1. The third-order valence-corrected chi connectivity index (χ3v) is 3.53. The first-order chi connectivity index (χ1) is 10.6. The Morgan fingerprint density at radius 3 is 2.45 bits per heavy atom. The van der Waals surface area contributed by atoms with Gasteiger partial charge in [-0.3, -0.25) is 4.79 Å². The number of hydrogen-bond donors (Lipinski definition) is 1. The summed E-state index contributed by atoms with van der Waals surface area (Å²) in [5.74, 6) is 0.956. The molecule has 2 rings (SSSR count). The lowest BCUT2D eigenvalue weighted by Crippen LogP contribution is -2.01. The van der Waals surface area contributed by atoms with E-state index >= 15 is 0 Å². The van der Waals surface area contributed by atoms with Gasteiger partial charge in [-0.25, -0.2) is 0 Å². The maximum atomic E-state index is 12.3. The molecule has 0 atom stereocenters. The zero-order chi connectivity index (χ0) is 15.9. The van der Waals surface area contributed by atoms with Crippen LogP contribution in [-0.2, 0) is 0 Å². The Bertz CT molecular complexity index is 681. The first kappa shape index (κ1) is 16.1. The number of nitrogens with one attached hydrogen (secondary N) is 1. The van der Waals surface area contributed by atoms with Gasteiger partial charge in [-0.2, -0.15) is 0 Å². The Labute approximate surface area is 137 Å². The normalized spacial score (nSPS) is 10.5. The maximum Gasteiger partial charge on any atom is 0.191 e. The Hall–Kier alpha value is -2.27. The summed E-state index contributed by atoms with van der Waals surface area (Å²) in [5.41, 5.74) is 1.35. The SMILES string of the molecule is COc1ccc(OC)c(C(=O)/C=C/Nc2ccc(Br)cc2)c1. The average molecular weight is 362 g/mol. The zero-order valence-corrected chi connectivity index (χ0v) is 13.9. The van der Waals surface area contributed by atoms with Crippen LogP contribution >= 0.6 is 15.9 Å². The van der Waals surface area contributed by atoms with Crippen LogP contribution in [0.5, 0.6) is 11.5 Å². The molecule has 0 radical (unpaired) electrons. The molecule has 0 spiro atoms. The van der Waals surface area contributed by atoms with E-state index in [0.717, 1.165) is 10.2 Å². The van der Waals surface area contributed by atoms with Gasteiger partial charge in [-0.05, 0) is 42.5 Å². The lowest BCUT2D eigenvalue weighted by Gasteiger charge is -2.08. The molecule has 0 aromatic heterocycles. The molecule has 0 saturated heterocycles. The molecule has 0 aliphatic heterocycles. The van der Waals surface area contributed by atoms with Gasteiger partial charge in [0.25, 0.3) is 0 Å². The van der Waals surface area contributed by atoms with Crippen LogP contribution in [0.2, 0.25) is 0 Å². The molecule has 22 heavy (non-hydrogen) atoms. The van der Waals surface area contributed by atoms with E-state index in [1.165, 1.54) is 13.2 Å². The van der Waals surface area contributed by atoms with Crippen LogP contribution in [-0.4, -0.2) is 20.0 Å². The molecular formula is C17H16BrNO3. The van der Waals surface area contributed by atoms with E-state index in [2.05, 4.69) is 21.2 Å². The van der Waals surface area contributed by atoms with Crippen molar-refractivity contribution >= 4 is 27.4 Å². The summed E-state index contributed by atoms with van der Waals surface area (Å²) < 4.78 is 11.3. The first-order valence-electron chi connectivity index (χ1n) is 6.59. The smallest absolute Gasteiger partial charge is 0.191 e. The number of anilines is 1. The summed E-state index contributed by atoms with van der Waals surface area (Å²) in [6.45, 7) is 0. The zero-order valence-electron chi connectivity index (χ0n) is 12.3. The maximum absolute atomic E-state index is 12.3. The van der Waals surface area contributed by atoms with Crippen molar-refractivity contribution in [2.45, 2.75) is 0 Å². The quantitative estimate of drug-likeness (QED) is 0.616. The van der Waals surface area contributed by atoms with E-state index < -0.39 is 0 Å². The van der Waals surface area contributed by atoms with E-state index in [0.29, 0.717) is 17.1 Å². The van der Waals surface area contributed by atoms with Crippen molar-refractivity contribution < 1.29 is 14.3 Å². The molecule has 0 bridgehead atoms. The molecule has 0 fully saturated rings. The van der Waals surface area contributed by atoms with Gasteiger partial charge in [0.1, 0.15) is 11.5 Å². The minimum Gasteiger partial charge on any atom is -0.497 e. The number of carbonyl (C=O) groups is 1. The number of rotatable bonds is 6. The second kappa shape index (κ2) is 7.66. The molecule has 0 amide bonds. The third-order valence-electron chi connectivity index (χ3n) is 3.00. The second-order valence-corrected chi connectivity index (χ2v) is 5.33. The highest BCUT2D eigenvalue weighted by atomic mass is 79.9. The molecule has 2 aromatic carbocycles. The highest BCUT2D eigenvalue weighted by Gasteiger charge is 2.10. The predicted molar refractivity (Wildman–Crippen MR) is 90.8 cm³/mol. The van der Waals surface area contributed by atoms with Crippen LogP contribution in [0, 0.1) is 0 Å². The van der Waals surface area contributed by atoms with Crippen LogP contribution in [0.25, 0.3) is 0 Å². The molecule has 0 aliphatic rings. The van der Waals surface area contributed by atoms with E-state index in [1.807, 2.05) is 24.3 Å². The molecule has 0 saturated carbocycles. The van der Waals surface area contributed by atoms with Gasteiger partial charge in [0.2, 0.25) is 0 Å². The summed E-state index contributed by atoms with van der Waals surface area (Å²) in [6, 6.07) is 12.8. The molecule has 0 heterocycles. The molecule has 2 aromatic rings. The number of ketones is 1. The average Bonchev–Trinajstić information content (AvgIpc) is 2.56. The second-order valence-electron chi connectivity index (χ2n) is 4.42. The van der Waals surface area contributed by atoms with Crippen molar-refractivity contribution in [3.8, 4) is 11.5 Å². The summed E-state index contributed by atoms with van der Waals surface area (Å²) in [6.07, 6.45) is 3.06. The van der Waals surface area contributed by atoms with E-state index in [9.17, 15) is 4.79 Å². The molecule has 1 N–H and O–H groups in total. The lowest BCUT2D eigenvalue weighted by molar-refractivity contribution is 0.104. The molecule has 114 valence electrons. The number of carbonyl (C=O) groups excluding carboxylic acids is 1. The first-order valence-corrected chi connectivity index (χ1v) is 7.38. The van der Waals surface area contributed by atoms with Gasteiger partial charge in [-0.15, -0.1) is 0 Å². The molecular weight excluding hydrogens is 346 g/mol. The van der Waals surface area contributed by atoms with E-state index in [1.54, 1.807) is 31.5 Å². The molecule has 0 aliphatic carbocycles. The number of ether oxygens (including phenoxy) is 2. The Morgan fingerprint density at radius 2 is 1.82 bits per heavy atom. The van der Waals surface area contributed by atoms with Gasteiger partial charge in [0, 0.05) is 22.4 Å². The van der Waals surface area contributed by atoms with Crippen LogP contribution in [0.4, 0.5) is 5.69 Å². The summed E-state index contributed by atoms with van der Waals surface area (Å²) in [7, 11) is 3.09. The van der Waals surface area contributed by atoms with Gasteiger partial charge in [-0.1, -0.05) is 15.9 Å². The lowest BCUT2D eigenvalue weighted by atomic mass is 10.1. The van der Waals surface area contributed by atoms with Crippen LogP contribution in [0.3, 0.4) is 0 Å². The minimum absolute atomic E-state index is 0.166. The number of methoxy groups -OCH3 is 2. The molecule has 4 nitrogen and oxygen atoms in total. The van der Waals surface area contributed by atoms with Gasteiger partial charge >= 0.3 is 0 Å².